The molecular formula is C18H35NO12S3Si-2. The third-order valence-corrected chi connectivity index (χ3v) is 10.4. The van der Waals surface area contributed by atoms with Gasteiger partial charge in [0.05, 0.1) is 62.6 Å². The summed E-state index contributed by atoms with van der Waals surface area (Å²) in [4.78, 5) is 0. The molecule has 0 bridgehead atoms. The van der Waals surface area contributed by atoms with Crippen molar-refractivity contribution in [2.24, 2.45) is 0 Å². The van der Waals surface area contributed by atoms with Gasteiger partial charge in [-0.25, -0.2) is 25.3 Å². The van der Waals surface area contributed by atoms with Crippen molar-refractivity contribution in [2.45, 2.75) is 45.6 Å². The van der Waals surface area contributed by atoms with Gasteiger partial charge in [0, 0.05) is 62.2 Å². The Bertz CT molecular complexity index is 878. The maximum absolute atomic E-state index is 11.1. The van der Waals surface area contributed by atoms with Crippen molar-refractivity contribution >= 4 is 39.2 Å². The average molecular weight is 582 g/mol. The average Bonchev–Trinajstić information content (AvgIpc) is 2.65. The van der Waals surface area contributed by atoms with E-state index in [1.165, 1.54) is 0 Å². The van der Waals surface area contributed by atoms with Gasteiger partial charge in [0.25, 0.3) is 0 Å². The van der Waals surface area contributed by atoms with Crippen LogP contribution in [0.15, 0.2) is 0 Å². The molecule has 0 aromatic heterocycles. The lowest BCUT2D eigenvalue weighted by Gasteiger charge is -2.40. The Balaban J connectivity index is 5.82. The molecule has 0 aromatic carbocycles. The number of quaternary nitrogens is 1. The van der Waals surface area contributed by atoms with Crippen LogP contribution in [0.1, 0.15) is 39.5 Å². The van der Waals surface area contributed by atoms with Gasteiger partial charge in [0.15, 0.2) is 0 Å². The third-order valence-electron chi connectivity index (χ3n) is 5.14. The molecule has 0 aliphatic carbocycles. The van der Waals surface area contributed by atoms with Gasteiger partial charge in [-0.05, 0) is 13.8 Å². The van der Waals surface area contributed by atoms with Gasteiger partial charge < -0.3 is 31.4 Å². The molecule has 0 saturated heterocycles. The minimum Gasteiger partial charge on any atom is -0.748 e. The first-order chi connectivity index (χ1) is 16.0. The standard InChI is InChI=1S/C18H37NO12S3Si/c1-4-29-35(30-5-2,31-6-3)18-10-14-19(11-7-15-32(20,21)22,12-8-16-33(23,24)25)13-9-17-34(26,27)28/h1H,5-18H2,2-3H3,(H2-,20,21,22,23,24,25,26,27,28)/p-2. The van der Waals surface area contributed by atoms with Crippen LogP contribution in [0.5, 0.6) is 0 Å². The van der Waals surface area contributed by atoms with Crippen LogP contribution in [0.2, 0.25) is 6.04 Å². The minimum atomic E-state index is -4.53. The summed E-state index contributed by atoms with van der Waals surface area (Å²) >= 11 is 0. The fourth-order valence-electron chi connectivity index (χ4n) is 3.86. The number of hydrogen-bond acceptors (Lipinski definition) is 12. The van der Waals surface area contributed by atoms with Crippen LogP contribution >= 0.6 is 0 Å². The maximum atomic E-state index is 11.1. The first kappa shape index (κ1) is 34.2. The topological polar surface area (TPSA) is 199 Å². The van der Waals surface area contributed by atoms with Gasteiger partial charge in [-0.15, -0.1) is 0 Å². The molecule has 0 aliphatic rings. The van der Waals surface area contributed by atoms with Crippen molar-refractivity contribution in [3.8, 4) is 12.5 Å². The normalized spacial score (nSPS) is 13.5. The molecule has 0 radical (unpaired) electrons. The Morgan fingerprint density at radius 3 is 1.34 bits per heavy atom. The van der Waals surface area contributed by atoms with Gasteiger partial charge in [-0.2, -0.15) is 0 Å². The summed E-state index contributed by atoms with van der Waals surface area (Å²) in [5.41, 5.74) is 0. The molecule has 0 aromatic rings. The van der Waals surface area contributed by atoms with Crippen LogP contribution in [0, 0.1) is 12.5 Å². The van der Waals surface area contributed by atoms with Crippen LogP contribution < -0.4 is 0 Å². The van der Waals surface area contributed by atoms with E-state index in [0.29, 0.717) is 6.42 Å². The van der Waals surface area contributed by atoms with Crippen molar-refractivity contribution in [2.75, 3.05) is 56.7 Å². The van der Waals surface area contributed by atoms with E-state index in [0.717, 1.165) is 0 Å². The second kappa shape index (κ2) is 15.4. The van der Waals surface area contributed by atoms with Crippen molar-refractivity contribution in [3.05, 3.63) is 0 Å². The molecule has 0 saturated carbocycles. The summed E-state index contributed by atoms with van der Waals surface area (Å²) in [6.07, 6.45) is 7.46. The van der Waals surface area contributed by atoms with Crippen molar-refractivity contribution in [3.63, 3.8) is 0 Å². The Hall–Kier alpha value is -0.813. The predicted octanol–water partition coefficient (Wildman–Crippen LogP) is -0.382. The lowest BCUT2D eigenvalue weighted by atomic mass is 10.2. The molecule has 35 heavy (non-hydrogen) atoms. The second-order valence-electron chi connectivity index (χ2n) is 7.95. The molecule has 0 unspecified atom stereocenters. The van der Waals surface area contributed by atoms with E-state index < -0.39 is 56.4 Å². The molecule has 0 rings (SSSR count). The second-order valence-corrected chi connectivity index (χ2v) is 15.2. The molecule has 208 valence electrons. The molecule has 0 fully saturated rings. The van der Waals surface area contributed by atoms with Gasteiger partial charge in [-0.3, -0.25) is 0 Å². The lowest BCUT2D eigenvalue weighted by Crippen LogP contribution is -2.53. The molecule has 0 amide bonds. The van der Waals surface area contributed by atoms with Crippen LogP contribution in [-0.2, 0) is 43.6 Å². The zero-order valence-electron chi connectivity index (χ0n) is 20.0. The summed E-state index contributed by atoms with van der Waals surface area (Å²) in [5.74, 6) is -2.03. The van der Waals surface area contributed by atoms with Gasteiger partial charge in [-0.1, -0.05) is 6.42 Å². The van der Waals surface area contributed by atoms with E-state index in [-0.39, 0.29) is 69.2 Å². The highest BCUT2D eigenvalue weighted by Crippen LogP contribution is 2.22. The van der Waals surface area contributed by atoms with Crippen LogP contribution in [0.4, 0.5) is 0 Å². The Kier molecular flexibility index (Phi) is 15.1. The van der Waals surface area contributed by atoms with Gasteiger partial charge in [0.1, 0.15) is 0 Å². The third kappa shape index (κ3) is 17.3. The van der Waals surface area contributed by atoms with E-state index in [1.807, 2.05) is 0 Å². The Morgan fingerprint density at radius 2 is 1.06 bits per heavy atom. The summed E-state index contributed by atoms with van der Waals surface area (Å²) in [7, 11) is -16.8. The Morgan fingerprint density at radius 1 is 0.714 bits per heavy atom. The molecule has 0 atom stereocenters. The quantitative estimate of drug-likeness (QED) is 0.0737. The minimum absolute atomic E-state index is 0.0145. The highest BCUT2D eigenvalue weighted by Gasteiger charge is 2.43. The fourth-order valence-corrected chi connectivity index (χ4v) is 7.55. The van der Waals surface area contributed by atoms with E-state index in [9.17, 15) is 38.9 Å². The summed E-state index contributed by atoms with van der Waals surface area (Å²) < 4.78 is 117. The largest absolute Gasteiger partial charge is 0.748 e. The van der Waals surface area contributed by atoms with Gasteiger partial charge >= 0.3 is 8.80 Å². The van der Waals surface area contributed by atoms with E-state index in [2.05, 4.69) is 6.11 Å². The maximum Gasteiger partial charge on any atom is 0.574 e. The SMILES string of the molecule is C#CO[Si](CCC[N+](CCCS(=O)(=O)[O-])(CCCS(=O)(=O)[O-])CCCS(=O)(=O)[O-])(OCC)OCC. The Labute approximate surface area is 210 Å². The highest BCUT2D eigenvalue weighted by atomic mass is 32.2. The number of nitrogens with zero attached hydrogens (tertiary/aromatic N) is 1. The smallest absolute Gasteiger partial charge is 0.574 e. The molecule has 0 aliphatic heterocycles. The van der Waals surface area contributed by atoms with E-state index >= 15 is 0 Å². The first-order valence-corrected chi connectivity index (χ1v) is 17.7. The molecule has 0 N–H and O–H groups in total. The number of terminal acetylenes is 1. The number of rotatable bonds is 21. The van der Waals surface area contributed by atoms with Crippen molar-refractivity contribution in [1.82, 2.24) is 0 Å². The van der Waals surface area contributed by atoms with Crippen molar-refractivity contribution in [1.29, 1.82) is 0 Å². The molecule has 0 heterocycles. The first-order valence-electron chi connectivity index (χ1n) is 11.1. The van der Waals surface area contributed by atoms with E-state index in [1.54, 1.807) is 13.8 Å². The van der Waals surface area contributed by atoms with Crippen LogP contribution in [0.3, 0.4) is 0 Å². The summed E-state index contributed by atoms with van der Waals surface area (Å²) in [6, 6.07) is 0.248. The zero-order valence-corrected chi connectivity index (χ0v) is 23.5. The highest BCUT2D eigenvalue weighted by molar-refractivity contribution is 7.86. The van der Waals surface area contributed by atoms with Crippen LogP contribution in [0.25, 0.3) is 0 Å². The summed E-state index contributed by atoms with van der Waals surface area (Å²) in [5, 5.41) is 0. The predicted molar refractivity (Wildman–Crippen MR) is 126 cm³/mol. The van der Waals surface area contributed by atoms with Crippen molar-refractivity contribution < 1.29 is 56.7 Å². The molecule has 17 heteroatoms. The fraction of sp³-hybridized carbons (Fsp3) is 0.889. The zero-order chi connectivity index (χ0) is 27.2. The molecule has 13 nitrogen and oxygen atoms in total. The van der Waals surface area contributed by atoms with E-state index in [4.69, 9.17) is 19.7 Å². The lowest BCUT2D eigenvalue weighted by molar-refractivity contribution is -0.928. The van der Waals surface area contributed by atoms with Crippen LogP contribution in [-0.4, -0.2) is 109 Å². The molecule has 0 spiro atoms. The number of hydrogen-bond donors (Lipinski definition) is 0. The monoisotopic (exact) mass is 581 g/mol. The molecular weight excluding hydrogens is 546 g/mol. The van der Waals surface area contributed by atoms with Gasteiger partial charge in [0.2, 0.25) is 0 Å². The summed E-state index contributed by atoms with van der Waals surface area (Å²) in [6.45, 7) is 4.47.